The molecule has 3 aromatic heterocycles. The van der Waals surface area contributed by atoms with Crippen LogP contribution in [0.3, 0.4) is 0 Å². The summed E-state index contributed by atoms with van der Waals surface area (Å²) < 4.78 is 5.45. The Kier molecular flexibility index (Phi) is 4.26. The van der Waals surface area contributed by atoms with E-state index in [1.165, 1.54) is 4.90 Å². The predicted molar refractivity (Wildman–Crippen MR) is 114 cm³/mol. The van der Waals surface area contributed by atoms with E-state index >= 15 is 0 Å². The largest absolute Gasteiger partial charge is 0.382 e. The predicted octanol–water partition coefficient (Wildman–Crippen LogP) is 0.772. The minimum atomic E-state index is -1.66. The molecule has 1 aromatic carbocycles. The number of fused-ring (bicyclic) bond motifs is 1. The highest BCUT2D eigenvalue weighted by molar-refractivity contribution is 6.29. The lowest BCUT2D eigenvalue weighted by Gasteiger charge is -2.16. The van der Waals surface area contributed by atoms with Crippen LogP contribution in [0.1, 0.15) is 12.1 Å². The van der Waals surface area contributed by atoms with Crippen LogP contribution in [0.5, 0.6) is 0 Å². The van der Waals surface area contributed by atoms with Crippen molar-refractivity contribution in [3.8, 4) is 22.6 Å². The number of likely N-dealkylation sites (N-methyl/N-ethyl adjacent to an activating group) is 1. The number of hydrogen-bond donors (Lipinski definition) is 2. The standard InChI is InChI=1S/C21H17BN6O3/c1-28-8-7-21(30,19(28)29)16-10-15(31-27-16)12-4-2-3-11(9-12)13-5-6-14-17(24-13)18(23)26-20(22)25-14/h2-6,9-10,30H,7-8H2,1H3,(H2,23,25,26). The highest BCUT2D eigenvalue weighted by Gasteiger charge is 2.47. The molecule has 0 spiro atoms. The van der Waals surface area contributed by atoms with Gasteiger partial charge < -0.3 is 20.3 Å². The van der Waals surface area contributed by atoms with Gasteiger partial charge in [0.25, 0.3) is 5.91 Å². The van der Waals surface area contributed by atoms with Crippen LogP contribution in [0.4, 0.5) is 5.82 Å². The second-order valence-corrected chi connectivity index (χ2v) is 7.53. The van der Waals surface area contributed by atoms with Gasteiger partial charge in [-0.25, -0.2) is 15.0 Å². The average molecular weight is 412 g/mol. The van der Waals surface area contributed by atoms with Crippen LogP contribution in [-0.4, -0.2) is 57.5 Å². The summed E-state index contributed by atoms with van der Waals surface area (Å²) >= 11 is 0. The van der Waals surface area contributed by atoms with Crippen molar-refractivity contribution in [2.24, 2.45) is 0 Å². The Hall–Kier alpha value is -3.79. The van der Waals surface area contributed by atoms with Crippen LogP contribution in [0.2, 0.25) is 0 Å². The van der Waals surface area contributed by atoms with Crippen LogP contribution >= 0.6 is 0 Å². The highest BCUT2D eigenvalue weighted by Crippen LogP contribution is 2.35. The van der Waals surface area contributed by atoms with Gasteiger partial charge in [0.2, 0.25) is 0 Å². The Balaban J connectivity index is 1.51. The number of aliphatic hydroxyl groups is 1. The third kappa shape index (κ3) is 3.12. The maximum atomic E-state index is 12.3. The smallest absolute Gasteiger partial charge is 0.260 e. The van der Waals surface area contributed by atoms with Crippen molar-refractivity contribution < 1.29 is 14.4 Å². The third-order valence-electron chi connectivity index (χ3n) is 5.47. The van der Waals surface area contributed by atoms with Gasteiger partial charge in [-0.2, -0.15) is 0 Å². The summed E-state index contributed by atoms with van der Waals surface area (Å²) in [5.74, 6) is 0.255. The summed E-state index contributed by atoms with van der Waals surface area (Å²) in [5, 5.41) is 14.7. The van der Waals surface area contributed by atoms with E-state index in [-0.39, 0.29) is 29.6 Å². The molecule has 1 amide bonds. The first kappa shape index (κ1) is 19.2. The van der Waals surface area contributed by atoms with E-state index < -0.39 is 5.60 Å². The van der Waals surface area contributed by atoms with Crippen LogP contribution in [-0.2, 0) is 10.4 Å². The number of pyridine rings is 1. The van der Waals surface area contributed by atoms with E-state index in [1.807, 2.05) is 30.3 Å². The van der Waals surface area contributed by atoms with Crippen LogP contribution in [0.25, 0.3) is 33.6 Å². The molecule has 1 fully saturated rings. The van der Waals surface area contributed by atoms with Crippen LogP contribution < -0.4 is 11.5 Å². The molecule has 1 aliphatic heterocycles. The molecule has 1 saturated heterocycles. The number of carbonyl (C=O) groups is 1. The van der Waals surface area contributed by atoms with Gasteiger partial charge in [0.15, 0.2) is 25.0 Å². The lowest BCUT2D eigenvalue weighted by atomic mass is 9.97. The van der Waals surface area contributed by atoms with Crippen molar-refractivity contribution in [2.75, 3.05) is 19.3 Å². The molecule has 2 radical (unpaired) electrons. The van der Waals surface area contributed by atoms with Crippen molar-refractivity contribution in [1.29, 1.82) is 0 Å². The number of likely N-dealkylation sites (tertiary alicyclic amines) is 1. The molecule has 3 N–H and O–H groups in total. The number of carbonyl (C=O) groups excluding carboxylic acids is 1. The van der Waals surface area contributed by atoms with E-state index in [0.717, 1.165) is 11.1 Å². The Morgan fingerprint density at radius 2 is 1.97 bits per heavy atom. The Morgan fingerprint density at radius 3 is 2.74 bits per heavy atom. The van der Waals surface area contributed by atoms with Gasteiger partial charge in [-0.05, 0) is 18.2 Å². The quantitative estimate of drug-likeness (QED) is 0.472. The monoisotopic (exact) mass is 412 g/mol. The lowest BCUT2D eigenvalue weighted by Crippen LogP contribution is -2.36. The van der Waals surface area contributed by atoms with E-state index in [9.17, 15) is 9.90 Å². The number of rotatable bonds is 3. The van der Waals surface area contributed by atoms with Crippen molar-refractivity contribution in [3.05, 3.63) is 48.2 Å². The Labute approximate surface area is 178 Å². The molecule has 1 atom stereocenters. The number of benzene rings is 1. The molecule has 4 heterocycles. The molecule has 0 aliphatic carbocycles. The summed E-state index contributed by atoms with van der Waals surface area (Å²) in [6, 6.07) is 12.7. The Bertz CT molecular complexity index is 1340. The zero-order valence-corrected chi connectivity index (χ0v) is 16.6. The molecule has 152 valence electrons. The van der Waals surface area contributed by atoms with Gasteiger partial charge in [0.05, 0.1) is 16.9 Å². The first-order valence-corrected chi connectivity index (χ1v) is 9.61. The fourth-order valence-electron chi connectivity index (χ4n) is 3.75. The van der Waals surface area contributed by atoms with E-state index in [0.29, 0.717) is 29.0 Å². The molecular weight excluding hydrogens is 395 g/mol. The minimum absolute atomic E-state index is 0.0938. The van der Waals surface area contributed by atoms with Gasteiger partial charge in [0, 0.05) is 37.2 Å². The molecule has 5 rings (SSSR count). The summed E-state index contributed by atoms with van der Waals surface area (Å²) in [4.78, 5) is 26.5. The van der Waals surface area contributed by atoms with Gasteiger partial charge in [-0.3, -0.25) is 4.79 Å². The number of nitrogens with zero attached hydrogens (tertiary/aromatic N) is 5. The second kappa shape index (κ2) is 6.88. The summed E-state index contributed by atoms with van der Waals surface area (Å²) in [6.45, 7) is 0.457. The number of nitrogen functional groups attached to an aromatic ring is 1. The Morgan fingerprint density at radius 1 is 1.16 bits per heavy atom. The number of aromatic nitrogens is 4. The molecule has 0 bridgehead atoms. The summed E-state index contributed by atoms with van der Waals surface area (Å²) in [5.41, 5.74) is 7.81. The normalized spacial score (nSPS) is 18.8. The van der Waals surface area contributed by atoms with Gasteiger partial charge in [-0.15, -0.1) is 0 Å². The second-order valence-electron chi connectivity index (χ2n) is 7.53. The number of nitrogens with two attached hydrogens (primary N) is 1. The number of hydrogen-bond acceptors (Lipinski definition) is 8. The van der Waals surface area contributed by atoms with E-state index in [4.69, 9.17) is 18.1 Å². The molecule has 1 aliphatic rings. The van der Waals surface area contributed by atoms with Crippen molar-refractivity contribution >= 4 is 36.3 Å². The maximum Gasteiger partial charge on any atom is 0.260 e. The molecule has 1 unspecified atom stereocenters. The molecule has 9 nitrogen and oxygen atoms in total. The first-order valence-electron chi connectivity index (χ1n) is 9.61. The molecule has 0 saturated carbocycles. The third-order valence-corrected chi connectivity index (χ3v) is 5.47. The molecule has 4 aromatic rings. The van der Waals surface area contributed by atoms with Crippen molar-refractivity contribution in [3.63, 3.8) is 0 Å². The fourth-order valence-corrected chi connectivity index (χ4v) is 3.75. The SMILES string of the molecule is [B]c1nc(N)c2nc(-c3cccc(-c4cc(C5(O)CCN(C)C5=O)no4)c3)ccc2n1. The van der Waals surface area contributed by atoms with E-state index in [2.05, 4.69) is 20.1 Å². The number of anilines is 1. The molecule has 31 heavy (non-hydrogen) atoms. The summed E-state index contributed by atoms with van der Waals surface area (Å²) in [7, 11) is 7.29. The molecular formula is C21H17BN6O3. The van der Waals surface area contributed by atoms with Gasteiger partial charge >= 0.3 is 0 Å². The van der Waals surface area contributed by atoms with Gasteiger partial charge in [0.1, 0.15) is 11.2 Å². The topological polar surface area (TPSA) is 131 Å². The zero-order chi connectivity index (χ0) is 21.8. The average Bonchev–Trinajstić information content (AvgIpc) is 3.36. The molecule has 10 heteroatoms. The van der Waals surface area contributed by atoms with Crippen LogP contribution in [0, 0.1) is 0 Å². The highest BCUT2D eigenvalue weighted by atomic mass is 16.5. The van der Waals surface area contributed by atoms with Crippen molar-refractivity contribution in [1.82, 2.24) is 25.0 Å². The maximum absolute atomic E-state index is 12.3. The lowest BCUT2D eigenvalue weighted by molar-refractivity contribution is -0.143. The van der Waals surface area contributed by atoms with Gasteiger partial charge in [-0.1, -0.05) is 23.4 Å². The first-order chi connectivity index (χ1) is 14.8. The van der Waals surface area contributed by atoms with Crippen molar-refractivity contribution in [2.45, 2.75) is 12.0 Å². The summed E-state index contributed by atoms with van der Waals surface area (Å²) in [6.07, 6.45) is 0.267. The number of amides is 1. The zero-order valence-electron chi connectivity index (χ0n) is 16.6. The van der Waals surface area contributed by atoms with E-state index in [1.54, 1.807) is 19.2 Å². The van der Waals surface area contributed by atoms with Crippen LogP contribution in [0.15, 0.2) is 47.0 Å². The minimum Gasteiger partial charge on any atom is -0.382 e. The fraction of sp³-hybridized carbons (Fsp3) is 0.190.